The Hall–Kier alpha value is -6.00. The van der Waals surface area contributed by atoms with Crippen LogP contribution in [0.25, 0.3) is 16.8 Å². The third-order valence-electron chi connectivity index (χ3n) is 13.4. The molecule has 0 heterocycles. The Bertz CT molecular complexity index is 2440. The van der Waals surface area contributed by atoms with Gasteiger partial charge < -0.3 is 39.4 Å². The van der Waals surface area contributed by atoms with Gasteiger partial charge in [-0.1, -0.05) is 66.7 Å². The number of phenolic OH excluding ortho intramolecular Hbond substituents is 3. The van der Waals surface area contributed by atoms with Crippen LogP contribution in [0.5, 0.6) is 28.7 Å². The van der Waals surface area contributed by atoms with Crippen LogP contribution in [0.4, 0.5) is 0 Å². The molecule has 318 valence electrons. The van der Waals surface area contributed by atoms with Gasteiger partial charge in [0.15, 0.2) is 23.0 Å². The molecule has 7 atom stereocenters. The van der Waals surface area contributed by atoms with Crippen LogP contribution in [0, 0.1) is 23.2 Å². The van der Waals surface area contributed by atoms with E-state index in [4.69, 9.17) is 18.9 Å². The molecule has 1 saturated carbocycles. The van der Waals surface area contributed by atoms with Gasteiger partial charge in [0, 0.05) is 31.3 Å². The number of benzene rings is 5. The van der Waals surface area contributed by atoms with Crippen molar-refractivity contribution in [1.29, 1.82) is 0 Å². The van der Waals surface area contributed by atoms with Crippen molar-refractivity contribution in [3.8, 4) is 28.7 Å². The fraction of sp³-hybridized carbons (Fsp3) is 0.373. The van der Waals surface area contributed by atoms with Gasteiger partial charge in [-0.3, -0.25) is 9.59 Å². The third kappa shape index (κ3) is 8.51. The minimum absolute atomic E-state index is 0.00757. The van der Waals surface area contributed by atoms with Crippen LogP contribution in [0.1, 0.15) is 71.9 Å². The summed E-state index contributed by atoms with van der Waals surface area (Å²) in [6.45, 7) is 1.43. The van der Waals surface area contributed by atoms with E-state index in [-0.39, 0.29) is 60.4 Å². The molecule has 10 heteroatoms. The lowest BCUT2D eigenvalue weighted by molar-refractivity contribution is -0.165. The van der Waals surface area contributed by atoms with Gasteiger partial charge in [0.05, 0.1) is 20.6 Å². The predicted molar refractivity (Wildman–Crippen MR) is 232 cm³/mol. The summed E-state index contributed by atoms with van der Waals surface area (Å²) in [7, 11) is 3.06. The number of aromatic hydroxyl groups is 3. The molecule has 4 N–H and O–H groups in total. The molecule has 61 heavy (non-hydrogen) atoms. The van der Waals surface area contributed by atoms with Gasteiger partial charge in [-0.2, -0.15) is 0 Å². The molecule has 0 amide bonds. The van der Waals surface area contributed by atoms with Crippen LogP contribution < -0.4 is 9.47 Å². The Morgan fingerprint density at radius 1 is 0.787 bits per heavy atom. The highest BCUT2D eigenvalue weighted by Crippen LogP contribution is 2.62. The fourth-order valence-corrected chi connectivity index (χ4v) is 11.0. The zero-order valence-electron chi connectivity index (χ0n) is 34.9. The van der Waals surface area contributed by atoms with E-state index in [9.17, 15) is 30.0 Å². The summed E-state index contributed by atoms with van der Waals surface area (Å²) in [4.78, 5) is 27.4. The van der Waals surface area contributed by atoms with Crippen LogP contribution >= 0.6 is 0 Å². The normalized spacial score (nSPS) is 24.3. The molecular formula is C51H54O10. The predicted octanol–water partition coefficient (Wildman–Crippen LogP) is 8.61. The van der Waals surface area contributed by atoms with Crippen LogP contribution in [0.15, 0.2) is 97.1 Å². The number of methoxy groups -OCH3 is 2. The molecule has 0 bridgehead atoms. The molecule has 10 nitrogen and oxygen atoms in total. The van der Waals surface area contributed by atoms with Crippen LogP contribution in [-0.4, -0.2) is 65.4 Å². The SMILES string of the molecule is COc1cc2c(cc1O)C[C@]1(/C=C/c3ccccc3)[C@@H]3[C@H](CCCO)Cc4cc(O)c(OC)cc4[C@H]3C[C@H](OC(=O)Cc3ccc4cc(O)ccc4c3)C[C@@H](OC(C)=O)[C@H]1C2. The summed E-state index contributed by atoms with van der Waals surface area (Å²) < 4.78 is 24.3. The summed E-state index contributed by atoms with van der Waals surface area (Å²) in [6, 6.07) is 28.3. The Morgan fingerprint density at radius 3 is 2.25 bits per heavy atom. The lowest BCUT2D eigenvalue weighted by Gasteiger charge is -2.58. The van der Waals surface area contributed by atoms with Gasteiger partial charge in [-0.05, 0) is 137 Å². The van der Waals surface area contributed by atoms with E-state index in [0.29, 0.717) is 50.0 Å². The van der Waals surface area contributed by atoms with Crippen molar-refractivity contribution in [1.82, 2.24) is 0 Å². The number of carbonyl (C=O) groups is 2. The lowest BCUT2D eigenvalue weighted by Crippen LogP contribution is -2.56. The molecule has 8 rings (SSSR count). The second kappa shape index (κ2) is 17.5. The van der Waals surface area contributed by atoms with Crippen molar-refractivity contribution >= 4 is 28.8 Å². The van der Waals surface area contributed by atoms with Gasteiger partial charge >= 0.3 is 11.9 Å². The Labute approximate surface area is 356 Å². The zero-order valence-corrected chi connectivity index (χ0v) is 34.9. The summed E-state index contributed by atoms with van der Waals surface area (Å²) in [5, 5.41) is 44.3. The average molecular weight is 827 g/mol. The first-order valence-corrected chi connectivity index (χ1v) is 21.2. The number of hydrogen-bond donors (Lipinski definition) is 4. The number of allylic oxidation sites excluding steroid dienone is 1. The van der Waals surface area contributed by atoms with E-state index in [1.807, 2.05) is 54.6 Å². The highest BCUT2D eigenvalue weighted by Gasteiger charge is 2.58. The van der Waals surface area contributed by atoms with Gasteiger partial charge in [0.25, 0.3) is 0 Å². The summed E-state index contributed by atoms with van der Waals surface area (Å²) >= 11 is 0. The van der Waals surface area contributed by atoms with Crippen LogP contribution in [0.3, 0.4) is 0 Å². The molecule has 0 spiro atoms. The molecule has 0 aliphatic heterocycles. The smallest absolute Gasteiger partial charge is 0.310 e. The summed E-state index contributed by atoms with van der Waals surface area (Å²) in [5.41, 5.74) is 5.01. The number of phenols is 3. The van der Waals surface area contributed by atoms with E-state index in [1.54, 1.807) is 24.3 Å². The molecule has 3 aliphatic rings. The molecule has 0 aromatic heterocycles. The number of fused-ring (bicyclic) bond motifs is 7. The molecule has 0 unspecified atom stereocenters. The summed E-state index contributed by atoms with van der Waals surface area (Å²) in [5.74, 6) is -0.611. The van der Waals surface area contributed by atoms with Crippen molar-refractivity contribution in [3.05, 3.63) is 130 Å². The number of aliphatic hydroxyl groups is 1. The minimum atomic E-state index is -0.688. The molecular weight excluding hydrogens is 773 g/mol. The molecule has 5 aromatic rings. The first kappa shape index (κ1) is 41.7. The number of rotatable bonds is 11. The Kier molecular flexibility index (Phi) is 12.0. The maximum Gasteiger partial charge on any atom is 0.310 e. The highest BCUT2D eigenvalue weighted by molar-refractivity contribution is 5.85. The Balaban J connectivity index is 1.31. The van der Waals surface area contributed by atoms with Crippen molar-refractivity contribution in [3.63, 3.8) is 0 Å². The number of aliphatic hydroxyl groups excluding tert-OH is 1. The number of ether oxygens (including phenoxy) is 4. The first-order valence-electron chi connectivity index (χ1n) is 21.2. The maximum absolute atomic E-state index is 14.1. The lowest BCUT2D eigenvalue weighted by atomic mass is 9.47. The zero-order chi connectivity index (χ0) is 42.8. The van der Waals surface area contributed by atoms with E-state index >= 15 is 0 Å². The van der Waals surface area contributed by atoms with Gasteiger partial charge in [0.2, 0.25) is 0 Å². The summed E-state index contributed by atoms with van der Waals surface area (Å²) in [6.07, 6.45) is 6.63. The van der Waals surface area contributed by atoms with E-state index in [1.165, 1.54) is 21.1 Å². The van der Waals surface area contributed by atoms with Crippen LogP contribution in [-0.2, 0) is 44.7 Å². The monoisotopic (exact) mass is 826 g/mol. The molecule has 1 fully saturated rings. The molecule has 0 radical (unpaired) electrons. The van der Waals surface area contributed by atoms with Crippen molar-refractivity contribution in [2.45, 2.75) is 76.4 Å². The highest BCUT2D eigenvalue weighted by atomic mass is 16.6. The Morgan fingerprint density at radius 2 is 1.51 bits per heavy atom. The van der Waals surface area contributed by atoms with Crippen LogP contribution in [0.2, 0.25) is 0 Å². The first-order chi connectivity index (χ1) is 29.5. The van der Waals surface area contributed by atoms with Gasteiger partial charge in [0.1, 0.15) is 18.0 Å². The van der Waals surface area contributed by atoms with E-state index < -0.39 is 29.6 Å². The van der Waals surface area contributed by atoms with Crippen molar-refractivity contribution in [2.24, 2.45) is 23.2 Å². The van der Waals surface area contributed by atoms with Gasteiger partial charge in [-0.15, -0.1) is 0 Å². The standard InChI is InChI=1S/C51H54O10/c1-30(53)60-46-27-40(61-49(57)19-32-11-12-34-21-39(54)14-13-33(34)18-32)26-42-41-28-48(59-3)44(55)23-37(41)20-35(10-7-17-52)50(42)51(16-15-31-8-5-4-6-9-31)29-38-24-45(56)47(58-2)25-36(38)22-43(46)51/h4-6,8-9,11-16,18,21,23-25,28,35,40,42-43,46,50,52,54-56H,7,10,17,19-20,22,26-27,29H2,1-3H3/b16-15+/t35-,40+,42-,43-,46-,50-,51+/m1/s1. The number of hydrogen-bond acceptors (Lipinski definition) is 10. The quantitative estimate of drug-likeness (QED) is 0.0953. The largest absolute Gasteiger partial charge is 0.508 e. The number of carbonyl (C=O) groups excluding carboxylic acids is 2. The average Bonchev–Trinajstić information content (AvgIpc) is 3.23. The topological polar surface area (TPSA) is 152 Å². The molecule has 3 aliphatic carbocycles. The maximum atomic E-state index is 14.1. The third-order valence-corrected chi connectivity index (χ3v) is 13.4. The molecule has 5 aromatic carbocycles. The fourth-order valence-electron chi connectivity index (χ4n) is 11.0. The van der Waals surface area contributed by atoms with Gasteiger partial charge in [-0.25, -0.2) is 0 Å². The van der Waals surface area contributed by atoms with Crippen molar-refractivity contribution < 1.29 is 49.0 Å². The second-order valence-corrected chi connectivity index (χ2v) is 17.1. The van der Waals surface area contributed by atoms with Crippen molar-refractivity contribution in [2.75, 3.05) is 20.8 Å². The van der Waals surface area contributed by atoms with E-state index in [2.05, 4.69) is 24.3 Å². The van der Waals surface area contributed by atoms with E-state index in [0.717, 1.165) is 44.2 Å². The number of esters is 2. The molecule has 0 saturated heterocycles. The second-order valence-electron chi connectivity index (χ2n) is 17.1. The minimum Gasteiger partial charge on any atom is -0.508 e.